The zero-order valence-corrected chi connectivity index (χ0v) is 12.9. The fraction of sp³-hybridized carbons (Fsp3) is 0.625. The molecule has 2 atom stereocenters. The van der Waals surface area contributed by atoms with Crippen LogP contribution in [0.25, 0.3) is 0 Å². The first-order valence-electron chi connectivity index (χ1n) is 7.91. The number of piperidine rings is 1. The predicted molar refractivity (Wildman–Crippen MR) is 80.8 cm³/mol. The first kappa shape index (κ1) is 14.3. The Morgan fingerprint density at radius 2 is 2.24 bits per heavy atom. The molecule has 1 aliphatic heterocycles. The highest BCUT2D eigenvalue weighted by molar-refractivity contribution is 5.12. The summed E-state index contributed by atoms with van der Waals surface area (Å²) in [4.78, 5) is 6.53. The fourth-order valence-electron chi connectivity index (χ4n) is 3.10. The van der Waals surface area contributed by atoms with E-state index in [1.807, 2.05) is 4.68 Å². The van der Waals surface area contributed by atoms with Gasteiger partial charge in [-0.25, -0.2) is 4.98 Å². The standard InChI is InChI=1S/C16H24N4O/c1-3-14-4-5-16(21-14)15-10-13(2)6-7-19(15)8-9-20-12-17-11-18-20/h4-5,11-13,15H,3,6-10H2,1-2H3. The number of aromatic nitrogens is 3. The maximum absolute atomic E-state index is 6.01. The molecule has 5 heteroatoms. The summed E-state index contributed by atoms with van der Waals surface area (Å²) in [7, 11) is 0. The molecule has 1 saturated heterocycles. The van der Waals surface area contributed by atoms with Crippen LogP contribution < -0.4 is 0 Å². The third kappa shape index (κ3) is 3.35. The molecule has 3 heterocycles. The normalized spacial score (nSPS) is 23.5. The quantitative estimate of drug-likeness (QED) is 0.848. The Morgan fingerprint density at radius 1 is 1.33 bits per heavy atom. The van der Waals surface area contributed by atoms with Crippen molar-refractivity contribution >= 4 is 0 Å². The lowest BCUT2D eigenvalue weighted by Crippen LogP contribution is -2.38. The van der Waals surface area contributed by atoms with Crippen molar-refractivity contribution in [2.24, 2.45) is 5.92 Å². The molecule has 0 amide bonds. The maximum Gasteiger partial charge on any atom is 0.137 e. The van der Waals surface area contributed by atoms with Gasteiger partial charge in [-0.2, -0.15) is 5.10 Å². The first-order valence-corrected chi connectivity index (χ1v) is 7.91. The van der Waals surface area contributed by atoms with Crippen LogP contribution >= 0.6 is 0 Å². The lowest BCUT2D eigenvalue weighted by Gasteiger charge is -2.37. The summed E-state index contributed by atoms with van der Waals surface area (Å²) in [6, 6.07) is 4.67. The van der Waals surface area contributed by atoms with Gasteiger partial charge in [0.1, 0.15) is 24.2 Å². The predicted octanol–water partition coefficient (Wildman–Crippen LogP) is 2.91. The molecule has 0 aromatic carbocycles. The Bertz CT molecular complexity index is 548. The second-order valence-electron chi connectivity index (χ2n) is 6.00. The monoisotopic (exact) mass is 288 g/mol. The zero-order chi connectivity index (χ0) is 14.7. The minimum absolute atomic E-state index is 0.401. The molecule has 0 spiro atoms. The van der Waals surface area contributed by atoms with Crippen molar-refractivity contribution in [1.82, 2.24) is 19.7 Å². The van der Waals surface area contributed by atoms with Gasteiger partial charge in [-0.3, -0.25) is 9.58 Å². The second-order valence-corrected chi connectivity index (χ2v) is 6.00. The Morgan fingerprint density at radius 3 is 2.95 bits per heavy atom. The molecule has 0 saturated carbocycles. The number of furan rings is 1. The molecule has 0 bridgehead atoms. The molecule has 0 aliphatic carbocycles. The van der Waals surface area contributed by atoms with Gasteiger partial charge in [0.15, 0.2) is 0 Å². The van der Waals surface area contributed by atoms with E-state index >= 15 is 0 Å². The minimum Gasteiger partial charge on any atom is -0.464 e. The van der Waals surface area contributed by atoms with Crippen molar-refractivity contribution in [3.8, 4) is 0 Å². The molecule has 0 N–H and O–H groups in total. The topological polar surface area (TPSA) is 47.1 Å². The third-order valence-corrected chi connectivity index (χ3v) is 4.42. The van der Waals surface area contributed by atoms with Gasteiger partial charge in [0.2, 0.25) is 0 Å². The van der Waals surface area contributed by atoms with Gasteiger partial charge < -0.3 is 4.42 Å². The molecule has 2 unspecified atom stereocenters. The van der Waals surface area contributed by atoms with E-state index in [2.05, 4.69) is 41.0 Å². The number of hydrogen-bond acceptors (Lipinski definition) is 4. The van der Waals surface area contributed by atoms with Crippen molar-refractivity contribution < 1.29 is 4.42 Å². The third-order valence-electron chi connectivity index (χ3n) is 4.42. The SMILES string of the molecule is CCc1ccc(C2CC(C)CCN2CCn2cncn2)o1. The Labute approximate surface area is 126 Å². The van der Waals surface area contributed by atoms with E-state index < -0.39 is 0 Å². The molecule has 1 fully saturated rings. The summed E-state index contributed by atoms with van der Waals surface area (Å²) in [6.07, 6.45) is 6.77. The van der Waals surface area contributed by atoms with Crippen molar-refractivity contribution in [1.29, 1.82) is 0 Å². The van der Waals surface area contributed by atoms with Crippen LogP contribution in [0.1, 0.15) is 44.3 Å². The van der Waals surface area contributed by atoms with E-state index in [0.29, 0.717) is 6.04 Å². The van der Waals surface area contributed by atoms with Gasteiger partial charge in [-0.1, -0.05) is 13.8 Å². The van der Waals surface area contributed by atoms with E-state index in [1.54, 1.807) is 12.7 Å². The molecule has 2 aromatic heterocycles. The summed E-state index contributed by atoms with van der Waals surface area (Å²) < 4.78 is 7.91. The molecule has 0 radical (unpaired) electrons. The van der Waals surface area contributed by atoms with Crippen LogP contribution in [0.3, 0.4) is 0 Å². The Hall–Kier alpha value is -1.62. The summed E-state index contributed by atoms with van der Waals surface area (Å²) in [5, 5.41) is 4.19. The van der Waals surface area contributed by atoms with Crippen LogP contribution in [-0.4, -0.2) is 32.8 Å². The van der Waals surface area contributed by atoms with Crippen LogP contribution in [0, 0.1) is 5.92 Å². The molecule has 1 aliphatic rings. The lowest BCUT2D eigenvalue weighted by atomic mass is 9.91. The van der Waals surface area contributed by atoms with Gasteiger partial charge in [-0.15, -0.1) is 0 Å². The summed E-state index contributed by atoms with van der Waals surface area (Å²) in [5.41, 5.74) is 0. The molecular weight excluding hydrogens is 264 g/mol. The molecule has 5 nitrogen and oxygen atoms in total. The highest BCUT2D eigenvalue weighted by atomic mass is 16.3. The number of rotatable bonds is 5. The van der Waals surface area contributed by atoms with Gasteiger partial charge >= 0.3 is 0 Å². The van der Waals surface area contributed by atoms with Crippen LogP contribution in [0.5, 0.6) is 0 Å². The van der Waals surface area contributed by atoms with E-state index in [4.69, 9.17) is 4.42 Å². The van der Waals surface area contributed by atoms with E-state index in [-0.39, 0.29) is 0 Å². The Kier molecular flexibility index (Phi) is 4.39. The van der Waals surface area contributed by atoms with E-state index in [9.17, 15) is 0 Å². The number of aryl methyl sites for hydroxylation is 1. The van der Waals surface area contributed by atoms with Crippen molar-refractivity contribution in [2.45, 2.75) is 45.7 Å². The van der Waals surface area contributed by atoms with E-state index in [1.165, 1.54) is 12.8 Å². The minimum atomic E-state index is 0.401. The van der Waals surface area contributed by atoms with Crippen molar-refractivity contribution in [2.75, 3.05) is 13.1 Å². The molecular formula is C16H24N4O. The highest BCUT2D eigenvalue weighted by Crippen LogP contribution is 2.34. The van der Waals surface area contributed by atoms with Crippen LogP contribution in [0.15, 0.2) is 29.2 Å². The highest BCUT2D eigenvalue weighted by Gasteiger charge is 2.29. The lowest BCUT2D eigenvalue weighted by molar-refractivity contribution is 0.0958. The van der Waals surface area contributed by atoms with E-state index in [0.717, 1.165) is 43.5 Å². The fourth-order valence-corrected chi connectivity index (χ4v) is 3.10. The largest absolute Gasteiger partial charge is 0.464 e. The molecule has 2 aromatic rings. The Balaban J connectivity index is 1.70. The van der Waals surface area contributed by atoms with Crippen LogP contribution in [0.2, 0.25) is 0 Å². The average Bonchev–Trinajstić information content (AvgIpc) is 3.17. The maximum atomic E-state index is 6.01. The first-order chi connectivity index (χ1) is 10.3. The smallest absolute Gasteiger partial charge is 0.137 e. The van der Waals surface area contributed by atoms with Crippen LogP contribution in [0.4, 0.5) is 0 Å². The summed E-state index contributed by atoms with van der Waals surface area (Å²) in [5.74, 6) is 2.96. The van der Waals surface area contributed by atoms with Gasteiger partial charge in [-0.05, 0) is 37.4 Å². The van der Waals surface area contributed by atoms with Crippen molar-refractivity contribution in [3.05, 3.63) is 36.3 Å². The molecule has 3 rings (SSSR count). The van der Waals surface area contributed by atoms with Crippen LogP contribution in [-0.2, 0) is 13.0 Å². The van der Waals surface area contributed by atoms with Gasteiger partial charge in [0.25, 0.3) is 0 Å². The number of nitrogens with zero attached hydrogens (tertiary/aromatic N) is 4. The van der Waals surface area contributed by atoms with Gasteiger partial charge in [0.05, 0.1) is 12.6 Å². The summed E-state index contributed by atoms with van der Waals surface area (Å²) >= 11 is 0. The van der Waals surface area contributed by atoms with Crippen molar-refractivity contribution in [3.63, 3.8) is 0 Å². The zero-order valence-electron chi connectivity index (χ0n) is 12.9. The summed E-state index contributed by atoms with van der Waals surface area (Å²) in [6.45, 7) is 7.47. The van der Waals surface area contributed by atoms with Gasteiger partial charge in [0, 0.05) is 13.0 Å². The molecule has 114 valence electrons. The second kappa shape index (κ2) is 6.43. The number of likely N-dealkylation sites (tertiary alicyclic amines) is 1. The molecule has 21 heavy (non-hydrogen) atoms. The number of hydrogen-bond donors (Lipinski definition) is 0. The average molecular weight is 288 g/mol.